The van der Waals surface area contributed by atoms with Gasteiger partial charge in [-0.05, 0) is 64.6 Å². The summed E-state index contributed by atoms with van der Waals surface area (Å²) < 4.78 is 39.6. The van der Waals surface area contributed by atoms with Crippen LogP contribution in [0.1, 0.15) is 36.4 Å². The Hall–Kier alpha value is -4.53. The van der Waals surface area contributed by atoms with Crippen LogP contribution in [-0.4, -0.2) is 25.6 Å². The van der Waals surface area contributed by atoms with Crippen molar-refractivity contribution < 1.29 is 13.2 Å². The summed E-state index contributed by atoms with van der Waals surface area (Å²) in [7, 11) is 0. The summed E-state index contributed by atoms with van der Waals surface area (Å²) in [6, 6.07) is 23.3. The van der Waals surface area contributed by atoms with E-state index < -0.39 is 11.7 Å². The molecule has 2 N–H and O–H groups in total. The lowest BCUT2D eigenvalue weighted by molar-refractivity contribution is -0.137. The highest BCUT2D eigenvalue weighted by Gasteiger charge is 2.30. The number of hydrogen-bond donors (Lipinski definition) is 2. The maximum Gasteiger partial charge on any atom is 0.416 e. The highest BCUT2D eigenvalue weighted by atomic mass is 19.4. The van der Waals surface area contributed by atoms with Gasteiger partial charge in [-0.1, -0.05) is 68.4 Å². The van der Waals surface area contributed by atoms with E-state index in [2.05, 4.69) is 25.9 Å². The molecule has 0 amide bonds. The van der Waals surface area contributed by atoms with Gasteiger partial charge in [-0.3, -0.25) is 4.98 Å². The van der Waals surface area contributed by atoms with Crippen LogP contribution in [0.25, 0.3) is 33.6 Å². The van der Waals surface area contributed by atoms with Gasteiger partial charge in [0.25, 0.3) is 0 Å². The normalized spacial score (nSPS) is 11.5. The van der Waals surface area contributed by atoms with Crippen molar-refractivity contribution in [2.24, 2.45) is 0 Å². The molecular weight excluding hydrogens is 501 g/mol. The number of H-pyrrole nitrogens is 1. The third-order valence-electron chi connectivity index (χ3n) is 6.58. The van der Waals surface area contributed by atoms with Crippen molar-refractivity contribution in [3.8, 4) is 33.6 Å². The van der Waals surface area contributed by atoms with Crippen LogP contribution in [0.2, 0.25) is 0 Å². The Labute approximate surface area is 224 Å². The van der Waals surface area contributed by atoms with Crippen LogP contribution in [0.5, 0.6) is 0 Å². The predicted octanol–water partition coefficient (Wildman–Crippen LogP) is 7.35. The van der Waals surface area contributed by atoms with Gasteiger partial charge >= 0.3 is 6.18 Å². The molecule has 0 atom stereocenters. The second-order valence-corrected chi connectivity index (χ2v) is 9.10. The number of rotatable bonds is 8. The van der Waals surface area contributed by atoms with Crippen LogP contribution in [0.15, 0.2) is 78.9 Å². The number of hydrogen-bond acceptors (Lipinski definition) is 5. The molecule has 0 bridgehead atoms. The molecule has 0 fully saturated rings. The molecule has 0 saturated carbocycles. The van der Waals surface area contributed by atoms with Gasteiger partial charge in [0, 0.05) is 29.1 Å². The maximum atomic E-state index is 13.2. The van der Waals surface area contributed by atoms with Gasteiger partial charge in [0.05, 0.1) is 11.3 Å². The Morgan fingerprint density at radius 1 is 0.821 bits per heavy atom. The first-order valence-electron chi connectivity index (χ1n) is 12.7. The molecule has 2 aromatic heterocycles. The summed E-state index contributed by atoms with van der Waals surface area (Å²) in [6.07, 6.45) is -3.00. The van der Waals surface area contributed by atoms with Gasteiger partial charge in [-0.25, -0.2) is 0 Å². The largest absolute Gasteiger partial charge is 0.416 e. The molecule has 0 aliphatic rings. The number of benzene rings is 3. The molecule has 0 aliphatic carbocycles. The standard InChI is InChI=1S/C30H27F3N6/c1-3-23-17-27(28(26(4-2)35-23)21-11-13-22(14-12-21)30(31,32)33)34-18-19-10-15-24(20-8-6-5-7-9-20)25(16-19)29-36-38-39-37-29/h5-17H,3-4,18H2,1-2H3,(H,34,35)(H,36,37,38,39). The third-order valence-corrected chi connectivity index (χ3v) is 6.58. The molecule has 0 spiro atoms. The number of aromatic nitrogens is 5. The van der Waals surface area contributed by atoms with Crippen molar-refractivity contribution in [3.05, 3.63) is 101 Å². The fourth-order valence-electron chi connectivity index (χ4n) is 4.61. The molecule has 0 unspecified atom stereocenters. The average molecular weight is 529 g/mol. The predicted molar refractivity (Wildman–Crippen MR) is 146 cm³/mol. The summed E-state index contributed by atoms with van der Waals surface area (Å²) in [5.41, 5.74) is 7.24. The maximum absolute atomic E-state index is 13.2. The Balaban J connectivity index is 1.51. The van der Waals surface area contributed by atoms with E-state index in [1.807, 2.05) is 68.4 Å². The number of nitrogens with zero attached hydrogens (tertiary/aromatic N) is 4. The molecule has 39 heavy (non-hydrogen) atoms. The van der Waals surface area contributed by atoms with E-state index in [4.69, 9.17) is 4.98 Å². The number of aromatic amines is 1. The minimum Gasteiger partial charge on any atom is -0.380 e. The Bertz CT molecular complexity index is 1550. The topological polar surface area (TPSA) is 79.4 Å². The van der Waals surface area contributed by atoms with Crippen LogP contribution in [0.4, 0.5) is 18.9 Å². The zero-order chi connectivity index (χ0) is 27.4. The van der Waals surface area contributed by atoms with E-state index in [-0.39, 0.29) is 0 Å². The monoisotopic (exact) mass is 528 g/mol. The van der Waals surface area contributed by atoms with Gasteiger partial charge in [0.15, 0.2) is 0 Å². The van der Waals surface area contributed by atoms with Crippen molar-refractivity contribution in [2.75, 3.05) is 5.32 Å². The molecular formula is C30H27F3N6. The molecule has 6 nitrogen and oxygen atoms in total. The molecule has 0 aliphatic heterocycles. The highest BCUT2D eigenvalue weighted by Crippen LogP contribution is 2.36. The van der Waals surface area contributed by atoms with Crippen molar-refractivity contribution in [3.63, 3.8) is 0 Å². The van der Waals surface area contributed by atoms with Gasteiger partial charge in [-0.2, -0.15) is 18.4 Å². The molecule has 5 rings (SSSR count). The van der Waals surface area contributed by atoms with Gasteiger partial charge in [0.2, 0.25) is 5.82 Å². The summed E-state index contributed by atoms with van der Waals surface area (Å²) in [5.74, 6) is 0.492. The zero-order valence-electron chi connectivity index (χ0n) is 21.5. The minimum atomic E-state index is -4.39. The molecule has 0 saturated heterocycles. The second-order valence-electron chi connectivity index (χ2n) is 9.10. The van der Waals surface area contributed by atoms with E-state index in [1.165, 1.54) is 12.1 Å². The first-order chi connectivity index (χ1) is 18.9. The smallest absolute Gasteiger partial charge is 0.380 e. The van der Waals surface area contributed by atoms with E-state index in [0.717, 1.165) is 63.4 Å². The summed E-state index contributed by atoms with van der Waals surface area (Å²) in [6.45, 7) is 4.51. The van der Waals surface area contributed by atoms with Crippen LogP contribution >= 0.6 is 0 Å². The highest BCUT2D eigenvalue weighted by molar-refractivity contribution is 5.82. The Kier molecular flexibility index (Phi) is 7.40. The first kappa shape index (κ1) is 26.1. The van der Waals surface area contributed by atoms with Crippen molar-refractivity contribution in [1.82, 2.24) is 25.6 Å². The number of nitrogens with one attached hydrogen (secondary N) is 2. The molecule has 9 heteroatoms. The van der Waals surface area contributed by atoms with E-state index in [9.17, 15) is 13.2 Å². The van der Waals surface area contributed by atoms with Crippen LogP contribution < -0.4 is 5.32 Å². The summed E-state index contributed by atoms with van der Waals surface area (Å²) in [4.78, 5) is 4.78. The first-order valence-corrected chi connectivity index (χ1v) is 12.7. The summed E-state index contributed by atoms with van der Waals surface area (Å²) in [5, 5.41) is 18.2. The second kappa shape index (κ2) is 11.1. The zero-order valence-corrected chi connectivity index (χ0v) is 21.5. The Morgan fingerprint density at radius 2 is 1.59 bits per heavy atom. The van der Waals surface area contributed by atoms with Gasteiger partial charge < -0.3 is 5.32 Å². The lowest BCUT2D eigenvalue weighted by atomic mass is 9.96. The lowest BCUT2D eigenvalue weighted by Gasteiger charge is -2.18. The number of pyridine rings is 1. The molecule has 198 valence electrons. The fraction of sp³-hybridized carbons (Fsp3) is 0.200. The molecule has 5 aromatic rings. The van der Waals surface area contributed by atoms with E-state index in [0.29, 0.717) is 24.4 Å². The van der Waals surface area contributed by atoms with Gasteiger partial charge in [-0.15, -0.1) is 10.2 Å². The van der Waals surface area contributed by atoms with Crippen molar-refractivity contribution in [2.45, 2.75) is 39.4 Å². The van der Waals surface area contributed by atoms with Gasteiger partial charge in [0.1, 0.15) is 0 Å². The molecule has 2 heterocycles. The van der Waals surface area contributed by atoms with Crippen molar-refractivity contribution in [1.29, 1.82) is 0 Å². The van der Waals surface area contributed by atoms with Crippen molar-refractivity contribution >= 4 is 5.69 Å². The SMILES string of the molecule is CCc1cc(NCc2ccc(-c3ccccc3)c(-c3nn[nH]n3)c2)c(-c2ccc(C(F)(F)F)cc2)c(CC)n1. The lowest BCUT2D eigenvalue weighted by Crippen LogP contribution is -2.07. The number of alkyl halides is 3. The number of tetrazole rings is 1. The Morgan fingerprint density at radius 3 is 2.23 bits per heavy atom. The molecule has 3 aromatic carbocycles. The van der Waals surface area contributed by atoms with Crippen LogP contribution in [0.3, 0.4) is 0 Å². The number of halogens is 3. The quantitative estimate of drug-likeness (QED) is 0.220. The third kappa shape index (κ3) is 5.67. The number of aryl methyl sites for hydroxylation is 2. The van der Waals surface area contributed by atoms with E-state index in [1.54, 1.807) is 0 Å². The molecule has 0 radical (unpaired) electrons. The fourth-order valence-corrected chi connectivity index (χ4v) is 4.61. The van der Waals surface area contributed by atoms with Crippen LogP contribution in [-0.2, 0) is 25.6 Å². The minimum absolute atomic E-state index is 0.476. The summed E-state index contributed by atoms with van der Waals surface area (Å²) >= 11 is 0. The number of anilines is 1. The van der Waals surface area contributed by atoms with Crippen LogP contribution in [0, 0.1) is 0 Å². The van der Waals surface area contributed by atoms with E-state index >= 15 is 0 Å². The average Bonchev–Trinajstić information content (AvgIpc) is 3.50.